The molecular weight excluding hydrogens is 232 g/mol. The largest absolute Gasteiger partial charge is 0.445 e. The van der Waals surface area contributed by atoms with E-state index < -0.39 is 18.4 Å². The molecule has 98 valence electrons. The Kier molecular flexibility index (Phi) is 4.17. The number of hydrogen-bond acceptors (Lipinski definition) is 4. The highest BCUT2D eigenvalue weighted by Gasteiger charge is 2.31. The Bertz CT molecular complexity index is 396. The Hall–Kier alpha value is -1.59. The summed E-state index contributed by atoms with van der Waals surface area (Å²) in [5.41, 5.74) is 6.70. The first-order valence-electron chi connectivity index (χ1n) is 6.09. The van der Waals surface area contributed by atoms with Crippen LogP contribution in [0.25, 0.3) is 0 Å². The van der Waals surface area contributed by atoms with E-state index in [1.54, 1.807) is 0 Å². The molecule has 0 radical (unpaired) electrons. The lowest BCUT2D eigenvalue weighted by Gasteiger charge is -2.35. The van der Waals surface area contributed by atoms with Gasteiger partial charge in [-0.1, -0.05) is 30.3 Å². The molecule has 0 spiro atoms. The second kappa shape index (κ2) is 5.84. The standard InChI is InChI=1S/C13H18N2O3/c14-12-11(16)7-4-8-15(12)13(17)18-9-10-5-2-1-3-6-10/h1-3,5-6,11-12,16H,4,7-9,14H2. The van der Waals surface area contributed by atoms with E-state index in [0.717, 1.165) is 12.0 Å². The van der Waals surface area contributed by atoms with Crippen LogP contribution in [0.2, 0.25) is 0 Å². The molecule has 0 bridgehead atoms. The number of nitrogens with two attached hydrogens (primary N) is 1. The Balaban J connectivity index is 1.88. The number of piperidine rings is 1. The van der Waals surface area contributed by atoms with Crippen molar-refractivity contribution in [1.82, 2.24) is 4.90 Å². The normalized spacial score (nSPS) is 23.8. The maximum atomic E-state index is 11.8. The van der Waals surface area contributed by atoms with Crippen LogP contribution in [0.5, 0.6) is 0 Å². The molecule has 1 amide bonds. The molecule has 0 saturated carbocycles. The highest BCUT2D eigenvalue weighted by Crippen LogP contribution is 2.15. The minimum Gasteiger partial charge on any atom is -0.445 e. The van der Waals surface area contributed by atoms with Gasteiger partial charge >= 0.3 is 6.09 Å². The maximum absolute atomic E-state index is 11.8. The van der Waals surface area contributed by atoms with E-state index in [2.05, 4.69) is 0 Å². The lowest BCUT2D eigenvalue weighted by Crippen LogP contribution is -2.56. The third-order valence-corrected chi connectivity index (χ3v) is 3.09. The van der Waals surface area contributed by atoms with Gasteiger partial charge in [0.2, 0.25) is 0 Å². The summed E-state index contributed by atoms with van der Waals surface area (Å²) in [5.74, 6) is 0. The molecule has 1 aromatic carbocycles. The van der Waals surface area contributed by atoms with Gasteiger partial charge in [-0.3, -0.25) is 4.90 Å². The summed E-state index contributed by atoms with van der Waals surface area (Å²) >= 11 is 0. The van der Waals surface area contributed by atoms with Crippen LogP contribution in [0.3, 0.4) is 0 Å². The molecule has 2 unspecified atom stereocenters. The molecule has 1 aliphatic rings. The predicted molar refractivity (Wildman–Crippen MR) is 66.5 cm³/mol. The van der Waals surface area contributed by atoms with Gasteiger partial charge in [-0.25, -0.2) is 4.79 Å². The third kappa shape index (κ3) is 3.00. The molecule has 0 aliphatic carbocycles. The van der Waals surface area contributed by atoms with Crippen LogP contribution >= 0.6 is 0 Å². The zero-order valence-electron chi connectivity index (χ0n) is 10.2. The van der Waals surface area contributed by atoms with Crippen molar-refractivity contribution in [2.75, 3.05) is 6.54 Å². The van der Waals surface area contributed by atoms with E-state index >= 15 is 0 Å². The minimum atomic E-state index is -0.665. The summed E-state index contributed by atoms with van der Waals surface area (Å²) in [6, 6.07) is 9.46. The van der Waals surface area contributed by atoms with E-state index in [4.69, 9.17) is 10.5 Å². The Labute approximate surface area is 106 Å². The fourth-order valence-electron chi connectivity index (χ4n) is 2.01. The van der Waals surface area contributed by atoms with Crippen LogP contribution in [0.15, 0.2) is 30.3 Å². The number of benzene rings is 1. The molecule has 3 N–H and O–H groups in total. The number of rotatable bonds is 2. The van der Waals surface area contributed by atoms with Crippen molar-refractivity contribution in [1.29, 1.82) is 0 Å². The van der Waals surface area contributed by atoms with Crippen molar-refractivity contribution in [3.8, 4) is 0 Å². The van der Waals surface area contributed by atoms with E-state index in [9.17, 15) is 9.90 Å². The summed E-state index contributed by atoms with van der Waals surface area (Å²) in [7, 11) is 0. The lowest BCUT2D eigenvalue weighted by molar-refractivity contribution is 0.00586. The van der Waals surface area contributed by atoms with Crippen molar-refractivity contribution in [2.45, 2.75) is 31.7 Å². The Morgan fingerprint density at radius 2 is 2.17 bits per heavy atom. The molecule has 1 saturated heterocycles. The molecule has 2 rings (SSSR count). The van der Waals surface area contributed by atoms with Gasteiger partial charge in [0.1, 0.15) is 12.8 Å². The number of carbonyl (C=O) groups excluding carboxylic acids is 1. The summed E-state index contributed by atoms with van der Waals surface area (Å²) in [6.07, 6.45) is -0.422. The SMILES string of the molecule is NC1C(O)CCCN1C(=O)OCc1ccccc1. The predicted octanol–water partition coefficient (Wildman–Crippen LogP) is 1.06. The van der Waals surface area contributed by atoms with Gasteiger partial charge in [0.05, 0.1) is 6.10 Å². The molecule has 1 heterocycles. The highest BCUT2D eigenvalue weighted by molar-refractivity contribution is 5.68. The number of aliphatic hydroxyl groups excluding tert-OH is 1. The van der Waals surface area contributed by atoms with Gasteiger partial charge in [-0.2, -0.15) is 0 Å². The Morgan fingerprint density at radius 3 is 2.89 bits per heavy atom. The van der Waals surface area contributed by atoms with Crippen molar-refractivity contribution < 1.29 is 14.6 Å². The van der Waals surface area contributed by atoms with E-state index in [0.29, 0.717) is 13.0 Å². The second-order valence-corrected chi connectivity index (χ2v) is 4.43. The monoisotopic (exact) mass is 250 g/mol. The van der Waals surface area contributed by atoms with Crippen molar-refractivity contribution >= 4 is 6.09 Å². The topological polar surface area (TPSA) is 75.8 Å². The quantitative estimate of drug-likeness (QED) is 0.823. The molecule has 18 heavy (non-hydrogen) atoms. The Morgan fingerprint density at radius 1 is 1.44 bits per heavy atom. The van der Waals surface area contributed by atoms with Gasteiger partial charge in [-0.05, 0) is 18.4 Å². The molecular formula is C13H18N2O3. The third-order valence-electron chi connectivity index (χ3n) is 3.09. The summed E-state index contributed by atoms with van der Waals surface area (Å²) in [4.78, 5) is 13.2. The minimum absolute atomic E-state index is 0.221. The zero-order chi connectivity index (χ0) is 13.0. The number of amides is 1. The summed E-state index contributed by atoms with van der Waals surface area (Å²) in [5, 5.41) is 9.61. The van der Waals surface area contributed by atoms with Crippen molar-refractivity contribution in [3.05, 3.63) is 35.9 Å². The van der Waals surface area contributed by atoms with Gasteiger partial charge in [0.25, 0.3) is 0 Å². The number of hydrogen-bond donors (Lipinski definition) is 2. The van der Waals surface area contributed by atoms with Gasteiger partial charge < -0.3 is 15.6 Å². The average molecular weight is 250 g/mol. The van der Waals surface area contributed by atoms with Crippen LogP contribution in [0, 0.1) is 0 Å². The van der Waals surface area contributed by atoms with E-state index in [-0.39, 0.29) is 6.61 Å². The van der Waals surface area contributed by atoms with Gasteiger partial charge in [0.15, 0.2) is 0 Å². The van der Waals surface area contributed by atoms with Crippen LogP contribution < -0.4 is 5.73 Å². The maximum Gasteiger partial charge on any atom is 0.411 e. The van der Waals surface area contributed by atoms with Crippen LogP contribution in [-0.4, -0.2) is 34.9 Å². The van der Waals surface area contributed by atoms with Crippen LogP contribution in [0.1, 0.15) is 18.4 Å². The fourth-order valence-corrected chi connectivity index (χ4v) is 2.01. The number of carbonyl (C=O) groups is 1. The first kappa shape index (κ1) is 12.9. The van der Waals surface area contributed by atoms with Crippen LogP contribution in [0.4, 0.5) is 4.79 Å². The number of aliphatic hydroxyl groups is 1. The summed E-state index contributed by atoms with van der Waals surface area (Å²) < 4.78 is 5.18. The van der Waals surface area contributed by atoms with Gasteiger partial charge in [0, 0.05) is 6.54 Å². The van der Waals surface area contributed by atoms with Gasteiger partial charge in [-0.15, -0.1) is 0 Å². The first-order valence-corrected chi connectivity index (χ1v) is 6.09. The first-order chi connectivity index (χ1) is 8.68. The summed E-state index contributed by atoms with van der Waals surface area (Å²) in [6.45, 7) is 0.755. The van der Waals surface area contributed by atoms with E-state index in [1.807, 2.05) is 30.3 Å². The fraction of sp³-hybridized carbons (Fsp3) is 0.462. The number of likely N-dealkylation sites (tertiary alicyclic amines) is 1. The molecule has 1 aliphatic heterocycles. The molecule has 0 aromatic heterocycles. The van der Waals surface area contributed by atoms with E-state index in [1.165, 1.54) is 4.90 Å². The van der Waals surface area contributed by atoms with Crippen molar-refractivity contribution in [2.24, 2.45) is 5.73 Å². The lowest BCUT2D eigenvalue weighted by atomic mass is 10.1. The molecule has 5 heteroatoms. The molecule has 1 fully saturated rings. The highest BCUT2D eigenvalue weighted by atomic mass is 16.6. The average Bonchev–Trinajstić information content (AvgIpc) is 2.40. The molecule has 2 atom stereocenters. The number of nitrogens with zero attached hydrogens (tertiary/aromatic N) is 1. The van der Waals surface area contributed by atoms with Crippen molar-refractivity contribution in [3.63, 3.8) is 0 Å². The molecule has 5 nitrogen and oxygen atoms in total. The smallest absolute Gasteiger partial charge is 0.411 e. The zero-order valence-corrected chi connectivity index (χ0v) is 10.2. The second-order valence-electron chi connectivity index (χ2n) is 4.43. The molecule has 1 aromatic rings. The van der Waals surface area contributed by atoms with Crippen LogP contribution in [-0.2, 0) is 11.3 Å². The number of ether oxygens (including phenoxy) is 1.